The number of ether oxygens (including phenoxy) is 1. The molecule has 0 saturated carbocycles. The quantitative estimate of drug-likeness (QED) is 0.812. The molecule has 0 fully saturated rings. The van der Waals surface area contributed by atoms with Gasteiger partial charge in [0.05, 0.1) is 0 Å². The Morgan fingerprint density at radius 1 is 1.43 bits per heavy atom. The third-order valence-corrected chi connectivity index (χ3v) is 2.59. The molecule has 7 heteroatoms. The Kier molecular flexibility index (Phi) is 4.65. The molecule has 0 aliphatic heterocycles. The molecule has 0 unspecified atom stereocenters. The zero-order valence-corrected chi connectivity index (χ0v) is 11.7. The van der Waals surface area contributed by atoms with Crippen LogP contribution in [0.3, 0.4) is 0 Å². The summed E-state index contributed by atoms with van der Waals surface area (Å²) in [6.07, 6.45) is 3.08. The van der Waals surface area contributed by atoms with Crippen LogP contribution in [0.2, 0.25) is 0 Å². The summed E-state index contributed by atoms with van der Waals surface area (Å²) in [5.74, 6) is 0.380. The molecular formula is C14H15N3O4. The van der Waals surface area contributed by atoms with Gasteiger partial charge in [0.15, 0.2) is 12.4 Å². The number of aliphatic carboxylic acids is 1. The van der Waals surface area contributed by atoms with Crippen molar-refractivity contribution in [1.29, 1.82) is 0 Å². The molecule has 0 aromatic carbocycles. The van der Waals surface area contributed by atoms with Crippen molar-refractivity contribution in [3.8, 4) is 5.75 Å². The van der Waals surface area contributed by atoms with Crippen LogP contribution in [0.15, 0.2) is 22.7 Å². The van der Waals surface area contributed by atoms with Crippen LogP contribution in [0.25, 0.3) is 6.08 Å². The van der Waals surface area contributed by atoms with Crippen LogP contribution >= 0.6 is 0 Å². The predicted molar refractivity (Wildman–Crippen MR) is 73.7 cm³/mol. The fourth-order valence-corrected chi connectivity index (χ4v) is 1.59. The Morgan fingerprint density at radius 3 is 2.90 bits per heavy atom. The molecule has 1 N–H and O–H groups in total. The average Bonchev–Trinajstić information content (AvgIpc) is 2.92. The number of pyridine rings is 1. The molecule has 2 aromatic rings. The zero-order chi connectivity index (χ0) is 15.2. The summed E-state index contributed by atoms with van der Waals surface area (Å²) in [5, 5.41) is 12.5. The van der Waals surface area contributed by atoms with Crippen molar-refractivity contribution in [1.82, 2.24) is 15.1 Å². The van der Waals surface area contributed by atoms with Gasteiger partial charge in [-0.2, -0.15) is 4.98 Å². The third kappa shape index (κ3) is 4.13. The summed E-state index contributed by atoms with van der Waals surface area (Å²) >= 11 is 0. The van der Waals surface area contributed by atoms with Gasteiger partial charge < -0.3 is 14.4 Å². The van der Waals surface area contributed by atoms with Crippen LogP contribution in [0.4, 0.5) is 0 Å². The van der Waals surface area contributed by atoms with E-state index in [0.29, 0.717) is 29.6 Å². The molecule has 0 radical (unpaired) electrons. The van der Waals surface area contributed by atoms with Crippen LogP contribution in [-0.2, 0) is 17.8 Å². The van der Waals surface area contributed by atoms with Crippen molar-refractivity contribution >= 4 is 12.0 Å². The Bertz CT molecular complexity index is 664. The number of nitrogens with zero attached hydrogens (tertiary/aromatic N) is 3. The Hall–Kier alpha value is -2.70. The molecule has 0 saturated heterocycles. The van der Waals surface area contributed by atoms with E-state index in [1.807, 2.05) is 13.8 Å². The number of carbonyl (C=O) groups is 1. The van der Waals surface area contributed by atoms with E-state index in [2.05, 4.69) is 15.1 Å². The molecular weight excluding hydrogens is 274 g/mol. The highest BCUT2D eigenvalue weighted by molar-refractivity contribution is 5.85. The van der Waals surface area contributed by atoms with Gasteiger partial charge in [0.25, 0.3) is 5.89 Å². The average molecular weight is 289 g/mol. The van der Waals surface area contributed by atoms with E-state index in [1.165, 1.54) is 6.08 Å². The van der Waals surface area contributed by atoms with Crippen molar-refractivity contribution in [3.63, 3.8) is 0 Å². The minimum Gasteiger partial charge on any atom is -0.481 e. The van der Waals surface area contributed by atoms with Gasteiger partial charge in [0.1, 0.15) is 11.4 Å². The van der Waals surface area contributed by atoms with Gasteiger partial charge in [-0.15, -0.1) is 0 Å². The fourth-order valence-electron chi connectivity index (χ4n) is 1.59. The lowest BCUT2D eigenvalue weighted by Crippen LogP contribution is -2.00. The lowest BCUT2D eigenvalue weighted by molar-refractivity contribution is -0.131. The maximum Gasteiger partial charge on any atom is 0.328 e. The highest BCUT2D eigenvalue weighted by Crippen LogP contribution is 2.19. The molecule has 0 atom stereocenters. The molecule has 0 aliphatic carbocycles. The second-order valence-corrected chi connectivity index (χ2v) is 4.25. The number of rotatable bonds is 6. The SMILES string of the molecule is CCc1noc(COc2ccc(C)nc2C=CC(=O)O)n1. The zero-order valence-electron chi connectivity index (χ0n) is 11.7. The van der Waals surface area contributed by atoms with Gasteiger partial charge >= 0.3 is 5.97 Å². The smallest absolute Gasteiger partial charge is 0.328 e. The molecule has 7 nitrogen and oxygen atoms in total. The summed E-state index contributed by atoms with van der Waals surface area (Å²) < 4.78 is 10.6. The maximum atomic E-state index is 10.6. The van der Waals surface area contributed by atoms with Gasteiger partial charge in [-0.25, -0.2) is 9.78 Å². The fraction of sp³-hybridized carbons (Fsp3) is 0.286. The predicted octanol–water partition coefficient (Wildman–Crippen LogP) is 2.01. The van der Waals surface area contributed by atoms with Crippen LogP contribution < -0.4 is 4.74 Å². The first kappa shape index (κ1) is 14.7. The largest absolute Gasteiger partial charge is 0.481 e. The van der Waals surface area contributed by atoms with E-state index in [-0.39, 0.29) is 6.61 Å². The Balaban J connectivity index is 2.13. The standard InChI is InChI=1S/C14H15N3O4/c1-3-12-16-13(21-17-12)8-20-11-6-4-9(2)15-10(11)5-7-14(18)19/h4-7H,3,8H2,1-2H3,(H,18,19). The number of carboxylic acid groups (broad SMARTS) is 1. The summed E-state index contributed by atoms with van der Waals surface area (Å²) in [6.45, 7) is 3.84. The van der Waals surface area contributed by atoms with Crippen LogP contribution in [0, 0.1) is 6.92 Å². The highest BCUT2D eigenvalue weighted by atomic mass is 16.5. The Morgan fingerprint density at radius 2 is 2.24 bits per heavy atom. The molecule has 2 heterocycles. The summed E-state index contributed by atoms with van der Waals surface area (Å²) in [4.78, 5) is 19.0. The van der Waals surface area contributed by atoms with Crippen LogP contribution in [-0.4, -0.2) is 26.2 Å². The lowest BCUT2D eigenvalue weighted by atomic mass is 10.2. The second kappa shape index (κ2) is 6.65. The van der Waals surface area contributed by atoms with Crippen molar-refractivity contribution in [2.75, 3.05) is 0 Å². The molecule has 0 aliphatic rings. The lowest BCUT2D eigenvalue weighted by Gasteiger charge is -2.07. The second-order valence-electron chi connectivity index (χ2n) is 4.25. The molecule has 0 bridgehead atoms. The normalized spacial score (nSPS) is 11.0. The summed E-state index contributed by atoms with van der Waals surface area (Å²) in [7, 11) is 0. The summed E-state index contributed by atoms with van der Waals surface area (Å²) in [6, 6.07) is 3.50. The minimum atomic E-state index is -1.05. The molecule has 110 valence electrons. The van der Waals surface area contributed by atoms with Crippen LogP contribution in [0.1, 0.15) is 30.0 Å². The van der Waals surface area contributed by atoms with Crippen molar-refractivity contribution < 1.29 is 19.2 Å². The van der Waals surface area contributed by atoms with Gasteiger partial charge in [-0.1, -0.05) is 12.1 Å². The summed E-state index contributed by atoms with van der Waals surface area (Å²) in [5.41, 5.74) is 1.20. The van der Waals surface area contributed by atoms with E-state index in [9.17, 15) is 4.79 Å². The number of hydrogen-bond acceptors (Lipinski definition) is 6. The first-order valence-corrected chi connectivity index (χ1v) is 6.41. The highest BCUT2D eigenvalue weighted by Gasteiger charge is 2.08. The van der Waals surface area contributed by atoms with Gasteiger partial charge in [0, 0.05) is 18.2 Å². The number of carboxylic acids is 1. The van der Waals surface area contributed by atoms with Crippen molar-refractivity contribution in [2.24, 2.45) is 0 Å². The monoisotopic (exact) mass is 289 g/mol. The molecule has 0 amide bonds. The van der Waals surface area contributed by atoms with Crippen LogP contribution in [0.5, 0.6) is 5.75 Å². The Labute approximate surface area is 121 Å². The van der Waals surface area contributed by atoms with E-state index >= 15 is 0 Å². The molecule has 2 rings (SSSR count). The van der Waals surface area contributed by atoms with Gasteiger partial charge in [-0.05, 0) is 25.1 Å². The number of aromatic nitrogens is 3. The van der Waals surface area contributed by atoms with E-state index in [0.717, 1.165) is 11.8 Å². The minimum absolute atomic E-state index is 0.103. The van der Waals surface area contributed by atoms with Gasteiger partial charge in [0.2, 0.25) is 0 Å². The maximum absolute atomic E-state index is 10.6. The van der Waals surface area contributed by atoms with Crippen molar-refractivity contribution in [3.05, 3.63) is 41.3 Å². The van der Waals surface area contributed by atoms with Crippen molar-refractivity contribution in [2.45, 2.75) is 26.9 Å². The molecule has 21 heavy (non-hydrogen) atoms. The topological polar surface area (TPSA) is 98.3 Å². The molecule has 0 spiro atoms. The van der Waals surface area contributed by atoms with E-state index in [1.54, 1.807) is 12.1 Å². The third-order valence-electron chi connectivity index (χ3n) is 2.59. The number of aryl methyl sites for hydroxylation is 2. The first-order chi connectivity index (χ1) is 10.1. The number of hydrogen-bond donors (Lipinski definition) is 1. The van der Waals surface area contributed by atoms with Gasteiger partial charge in [-0.3, -0.25) is 0 Å². The van der Waals surface area contributed by atoms with E-state index < -0.39 is 5.97 Å². The van der Waals surface area contributed by atoms with E-state index in [4.69, 9.17) is 14.4 Å². The molecule has 2 aromatic heterocycles. The first-order valence-electron chi connectivity index (χ1n) is 6.41.